The SMILES string of the molecule is CCNC(=NCC(NC(=O)OC(C)(C)C)C(C)C)NC1CCCSC1. The van der Waals surface area contributed by atoms with Crippen molar-refractivity contribution in [2.24, 2.45) is 10.9 Å². The Bertz CT molecular complexity index is 429. The predicted molar refractivity (Wildman–Crippen MR) is 107 cm³/mol. The van der Waals surface area contributed by atoms with E-state index in [9.17, 15) is 4.79 Å². The van der Waals surface area contributed by atoms with Crippen LogP contribution in [-0.2, 0) is 4.74 Å². The lowest BCUT2D eigenvalue weighted by Gasteiger charge is -2.26. The highest BCUT2D eigenvalue weighted by Gasteiger charge is 2.22. The Morgan fingerprint density at radius 3 is 2.60 bits per heavy atom. The number of amides is 1. The molecule has 2 atom stereocenters. The van der Waals surface area contributed by atoms with Crippen LogP contribution in [-0.4, -0.2) is 54.3 Å². The van der Waals surface area contributed by atoms with Crippen LogP contribution in [0.3, 0.4) is 0 Å². The van der Waals surface area contributed by atoms with Gasteiger partial charge in [0, 0.05) is 18.3 Å². The molecule has 25 heavy (non-hydrogen) atoms. The fourth-order valence-corrected chi connectivity index (χ4v) is 3.51. The first kappa shape index (κ1) is 21.9. The van der Waals surface area contributed by atoms with Crippen LogP contribution in [0.5, 0.6) is 0 Å². The van der Waals surface area contributed by atoms with Crippen LogP contribution in [0.2, 0.25) is 0 Å². The number of thioether (sulfide) groups is 1. The fraction of sp³-hybridized carbons (Fsp3) is 0.889. The van der Waals surface area contributed by atoms with Crippen molar-refractivity contribution in [3.63, 3.8) is 0 Å². The van der Waals surface area contributed by atoms with Crippen molar-refractivity contribution >= 4 is 23.8 Å². The first-order chi connectivity index (χ1) is 11.7. The summed E-state index contributed by atoms with van der Waals surface area (Å²) in [6, 6.07) is 0.402. The standard InChI is InChI=1S/C18H36N4O2S/c1-7-19-16(21-14-9-8-10-25-12-14)20-11-15(13(2)3)22-17(23)24-18(4,5)6/h13-15H,7-12H2,1-6H3,(H,22,23)(H2,19,20,21). The minimum atomic E-state index is -0.496. The molecule has 6 nitrogen and oxygen atoms in total. The van der Waals surface area contributed by atoms with Gasteiger partial charge in [0.1, 0.15) is 5.60 Å². The number of nitrogens with zero attached hydrogens (tertiary/aromatic N) is 1. The minimum absolute atomic E-state index is 0.0639. The van der Waals surface area contributed by atoms with Gasteiger partial charge in [-0.15, -0.1) is 0 Å². The van der Waals surface area contributed by atoms with E-state index in [-0.39, 0.29) is 18.1 Å². The third-order valence-corrected chi connectivity index (χ3v) is 5.01. The van der Waals surface area contributed by atoms with Gasteiger partial charge in [0.05, 0.1) is 12.6 Å². The summed E-state index contributed by atoms with van der Waals surface area (Å²) in [5.41, 5.74) is -0.496. The van der Waals surface area contributed by atoms with Gasteiger partial charge in [-0.3, -0.25) is 4.99 Å². The molecule has 0 aliphatic carbocycles. The van der Waals surface area contributed by atoms with Gasteiger partial charge in [-0.2, -0.15) is 11.8 Å². The molecule has 0 saturated carbocycles. The van der Waals surface area contributed by atoms with E-state index in [1.54, 1.807) is 0 Å². The molecule has 0 aromatic carbocycles. The highest BCUT2D eigenvalue weighted by molar-refractivity contribution is 7.99. The Kier molecular flexibility index (Phi) is 9.46. The van der Waals surface area contributed by atoms with Crippen LogP contribution in [0, 0.1) is 5.92 Å². The molecule has 1 aliphatic rings. The van der Waals surface area contributed by atoms with Crippen molar-refractivity contribution in [1.82, 2.24) is 16.0 Å². The Balaban J connectivity index is 2.62. The molecule has 0 aromatic heterocycles. The summed E-state index contributed by atoms with van der Waals surface area (Å²) in [4.78, 5) is 16.7. The van der Waals surface area contributed by atoms with E-state index in [0.29, 0.717) is 12.6 Å². The lowest BCUT2D eigenvalue weighted by atomic mass is 10.1. The zero-order valence-electron chi connectivity index (χ0n) is 16.6. The lowest BCUT2D eigenvalue weighted by molar-refractivity contribution is 0.0493. The van der Waals surface area contributed by atoms with Gasteiger partial charge < -0.3 is 20.7 Å². The van der Waals surface area contributed by atoms with Gasteiger partial charge in [0.15, 0.2) is 5.96 Å². The monoisotopic (exact) mass is 372 g/mol. The molecule has 0 bridgehead atoms. The molecule has 0 aromatic rings. The molecular formula is C18H36N4O2S. The molecule has 1 saturated heterocycles. The van der Waals surface area contributed by atoms with Crippen LogP contribution >= 0.6 is 11.8 Å². The molecule has 2 unspecified atom stereocenters. The number of carbonyl (C=O) groups is 1. The topological polar surface area (TPSA) is 74.8 Å². The first-order valence-corrected chi connectivity index (χ1v) is 10.5. The normalized spacial score (nSPS) is 20.1. The van der Waals surface area contributed by atoms with Gasteiger partial charge in [0.2, 0.25) is 0 Å². The van der Waals surface area contributed by atoms with Gasteiger partial charge in [-0.25, -0.2) is 4.79 Å². The molecule has 0 radical (unpaired) electrons. The van der Waals surface area contributed by atoms with Crippen molar-refractivity contribution < 1.29 is 9.53 Å². The Morgan fingerprint density at radius 1 is 1.36 bits per heavy atom. The zero-order chi connectivity index (χ0) is 18.9. The van der Waals surface area contributed by atoms with Crippen molar-refractivity contribution in [2.45, 2.75) is 72.1 Å². The van der Waals surface area contributed by atoms with Crippen molar-refractivity contribution in [3.8, 4) is 0 Å². The lowest BCUT2D eigenvalue weighted by Crippen LogP contribution is -2.47. The van der Waals surface area contributed by atoms with E-state index >= 15 is 0 Å². The molecule has 1 rings (SSSR count). The molecule has 1 fully saturated rings. The van der Waals surface area contributed by atoms with Gasteiger partial charge in [-0.1, -0.05) is 13.8 Å². The number of carbonyl (C=O) groups excluding carboxylic acids is 1. The molecular weight excluding hydrogens is 336 g/mol. The number of nitrogens with one attached hydrogen (secondary N) is 3. The Hall–Kier alpha value is -1.11. The third-order valence-electron chi connectivity index (χ3n) is 3.80. The molecule has 1 aliphatic heterocycles. The number of rotatable bonds is 6. The molecule has 0 spiro atoms. The molecule has 7 heteroatoms. The van der Waals surface area contributed by atoms with Crippen LogP contribution in [0.4, 0.5) is 4.79 Å². The van der Waals surface area contributed by atoms with Gasteiger partial charge in [0.25, 0.3) is 0 Å². The van der Waals surface area contributed by atoms with E-state index in [0.717, 1.165) is 18.3 Å². The number of aliphatic imine (C=N–C) groups is 1. The summed E-state index contributed by atoms with van der Waals surface area (Å²) in [5.74, 6) is 3.46. The average Bonchev–Trinajstić information content (AvgIpc) is 2.50. The second-order valence-electron chi connectivity index (χ2n) is 7.77. The van der Waals surface area contributed by atoms with Crippen LogP contribution in [0.15, 0.2) is 4.99 Å². The number of hydrogen-bond donors (Lipinski definition) is 3. The third kappa shape index (κ3) is 9.82. The maximum atomic E-state index is 12.0. The van der Waals surface area contributed by atoms with Gasteiger partial charge >= 0.3 is 6.09 Å². The van der Waals surface area contributed by atoms with Crippen LogP contribution in [0.1, 0.15) is 54.4 Å². The number of guanidine groups is 1. The fourth-order valence-electron chi connectivity index (χ4n) is 2.44. The van der Waals surface area contributed by atoms with Crippen LogP contribution in [0.25, 0.3) is 0 Å². The van der Waals surface area contributed by atoms with E-state index in [2.05, 4.69) is 36.7 Å². The molecule has 3 N–H and O–H groups in total. The first-order valence-electron chi connectivity index (χ1n) is 9.33. The molecule has 1 heterocycles. The maximum absolute atomic E-state index is 12.0. The van der Waals surface area contributed by atoms with Crippen LogP contribution < -0.4 is 16.0 Å². The van der Waals surface area contributed by atoms with E-state index in [1.807, 2.05) is 32.5 Å². The predicted octanol–water partition coefficient (Wildman–Crippen LogP) is 2.99. The summed E-state index contributed by atoms with van der Waals surface area (Å²) in [6.45, 7) is 13.2. The summed E-state index contributed by atoms with van der Waals surface area (Å²) in [6.07, 6.45) is 2.04. The smallest absolute Gasteiger partial charge is 0.407 e. The van der Waals surface area contributed by atoms with E-state index in [1.165, 1.54) is 18.6 Å². The van der Waals surface area contributed by atoms with Crippen molar-refractivity contribution in [2.75, 3.05) is 24.6 Å². The van der Waals surface area contributed by atoms with E-state index < -0.39 is 5.60 Å². The minimum Gasteiger partial charge on any atom is -0.444 e. The summed E-state index contributed by atoms with van der Waals surface area (Å²) in [7, 11) is 0. The number of ether oxygens (including phenoxy) is 1. The van der Waals surface area contributed by atoms with Gasteiger partial charge in [-0.05, 0) is 52.2 Å². The molecule has 146 valence electrons. The average molecular weight is 373 g/mol. The Labute approximate surface area is 157 Å². The zero-order valence-corrected chi connectivity index (χ0v) is 17.5. The highest BCUT2D eigenvalue weighted by atomic mass is 32.2. The number of hydrogen-bond acceptors (Lipinski definition) is 4. The largest absolute Gasteiger partial charge is 0.444 e. The van der Waals surface area contributed by atoms with Crippen molar-refractivity contribution in [1.29, 1.82) is 0 Å². The highest BCUT2D eigenvalue weighted by Crippen LogP contribution is 2.16. The summed E-state index contributed by atoms with van der Waals surface area (Å²) >= 11 is 1.99. The summed E-state index contributed by atoms with van der Waals surface area (Å²) < 4.78 is 5.36. The van der Waals surface area contributed by atoms with E-state index in [4.69, 9.17) is 9.73 Å². The molecule has 1 amide bonds. The summed E-state index contributed by atoms with van der Waals surface area (Å²) in [5, 5.41) is 9.76. The Morgan fingerprint density at radius 2 is 2.08 bits per heavy atom. The second kappa shape index (κ2) is 10.8. The maximum Gasteiger partial charge on any atom is 0.407 e. The second-order valence-corrected chi connectivity index (χ2v) is 8.92. The number of alkyl carbamates (subject to hydrolysis) is 1. The van der Waals surface area contributed by atoms with Crippen molar-refractivity contribution in [3.05, 3.63) is 0 Å². The quantitative estimate of drug-likeness (QED) is 0.494.